The van der Waals surface area contributed by atoms with Crippen LogP contribution in [0.15, 0.2) is 0 Å². The van der Waals surface area contributed by atoms with E-state index in [1.165, 1.54) is 0 Å². The summed E-state index contributed by atoms with van der Waals surface area (Å²) >= 11 is 1.60. The third-order valence-corrected chi connectivity index (χ3v) is 1.59. The van der Waals surface area contributed by atoms with Crippen LogP contribution in [0.3, 0.4) is 0 Å². The number of thioether (sulfide) groups is 1. The number of hydrogen-bond acceptors (Lipinski definition) is 5. The van der Waals surface area contributed by atoms with Crippen molar-refractivity contribution in [2.75, 3.05) is 12.0 Å². The monoisotopic (exact) mass is 192 g/mol. The van der Waals surface area contributed by atoms with E-state index in [0.29, 0.717) is 6.42 Å². The quantitative estimate of drug-likeness (QED) is 0.431. The minimum atomic E-state index is -0.913. The SMILES string of the molecule is CSCCC(N)C(=O)O.N=C=O. The Labute approximate surface area is 74.8 Å². The van der Waals surface area contributed by atoms with Gasteiger partial charge >= 0.3 is 5.97 Å². The van der Waals surface area contributed by atoms with Gasteiger partial charge in [0.05, 0.1) is 0 Å². The zero-order valence-corrected chi connectivity index (χ0v) is 7.56. The Kier molecular flexibility index (Phi) is 11.6. The van der Waals surface area contributed by atoms with Gasteiger partial charge in [0.15, 0.2) is 0 Å². The van der Waals surface area contributed by atoms with Crippen molar-refractivity contribution in [3.05, 3.63) is 0 Å². The lowest BCUT2D eigenvalue weighted by Gasteiger charge is -2.02. The Morgan fingerprint density at radius 1 is 1.83 bits per heavy atom. The molecule has 0 aromatic rings. The van der Waals surface area contributed by atoms with Crippen LogP contribution in [-0.2, 0) is 9.59 Å². The van der Waals surface area contributed by atoms with Crippen LogP contribution in [0.2, 0.25) is 0 Å². The van der Waals surface area contributed by atoms with Crippen molar-refractivity contribution in [1.29, 1.82) is 5.41 Å². The van der Waals surface area contributed by atoms with Crippen LogP contribution < -0.4 is 5.73 Å². The molecule has 5 nitrogen and oxygen atoms in total. The van der Waals surface area contributed by atoms with Crippen molar-refractivity contribution in [3.63, 3.8) is 0 Å². The molecule has 0 aromatic carbocycles. The molecular weight excluding hydrogens is 180 g/mol. The highest BCUT2D eigenvalue weighted by atomic mass is 32.2. The lowest BCUT2D eigenvalue weighted by atomic mass is 10.2. The highest BCUT2D eigenvalue weighted by Gasteiger charge is 2.08. The molecule has 12 heavy (non-hydrogen) atoms. The van der Waals surface area contributed by atoms with E-state index in [2.05, 4.69) is 0 Å². The lowest BCUT2D eigenvalue weighted by molar-refractivity contribution is -0.138. The van der Waals surface area contributed by atoms with Gasteiger partial charge in [-0.3, -0.25) is 4.79 Å². The van der Waals surface area contributed by atoms with Crippen LogP contribution in [0.5, 0.6) is 0 Å². The highest BCUT2D eigenvalue weighted by molar-refractivity contribution is 7.98. The second-order valence-corrected chi connectivity index (χ2v) is 2.81. The first-order valence-corrected chi connectivity index (χ1v) is 4.50. The molecule has 0 bridgehead atoms. The Bertz CT molecular complexity index is 157. The summed E-state index contributed by atoms with van der Waals surface area (Å²) in [5, 5.41) is 13.7. The number of carbonyl (C=O) groups is 1. The van der Waals surface area contributed by atoms with Gasteiger partial charge in [-0.05, 0) is 18.4 Å². The molecule has 6 heteroatoms. The molecule has 0 aliphatic rings. The number of isocyanates is 1. The molecule has 0 fully saturated rings. The molecule has 0 rings (SSSR count). The first-order valence-electron chi connectivity index (χ1n) is 3.11. The summed E-state index contributed by atoms with van der Waals surface area (Å²) in [7, 11) is 0. The zero-order valence-electron chi connectivity index (χ0n) is 6.74. The molecule has 0 aliphatic heterocycles. The van der Waals surface area contributed by atoms with Gasteiger partial charge in [0.1, 0.15) is 6.04 Å². The number of carbonyl (C=O) groups excluding carboxylic acids is 1. The van der Waals surface area contributed by atoms with E-state index >= 15 is 0 Å². The minimum Gasteiger partial charge on any atom is -0.480 e. The molecule has 0 spiro atoms. The van der Waals surface area contributed by atoms with E-state index in [1.807, 2.05) is 6.26 Å². The van der Waals surface area contributed by atoms with Crippen LogP contribution >= 0.6 is 11.8 Å². The Morgan fingerprint density at radius 2 is 2.25 bits per heavy atom. The van der Waals surface area contributed by atoms with Gasteiger partial charge in [0, 0.05) is 0 Å². The lowest BCUT2D eigenvalue weighted by Crippen LogP contribution is -2.30. The molecule has 0 aromatic heterocycles. The summed E-state index contributed by atoms with van der Waals surface area (Å²) in [6, 6.07) is -0.683. The Morgan fingerprint density at radius 3 is 2.50 bits per heavy atom. The first kappa shape index (κ1) is 13.7. The first-order chi connectivity index (χ1) is 5.59. The third-order valence-electron chi connectivity index (χ3n) is 0.950. The highest BCUT2D eigenvalue weighted by Crippen LogP contribution is 1.97. The van der Waals surface area contributed by atoms with E-state index in [-0.39, 0.29) is 0 Å². The molecule has 70 valence electrons. The van der Waals surface area contributed by atoms with Crippen LogP contribution in [0.1, 0.15) is 6.42 Å². The number of nitrogens with one attached hydrogen (secondary N) is 1. The van der Waals surface area contributed by atoms with Gasteiger partial charge in [-0.2, -0.15) is 11.8 Å². The third kappa shape index (κ3) is 11.9. The maximum Gasteiger partial charge on any atom is 0.320 e. The van der Waals surface area contributed by atoms with Gasteiger partial charge in [0.2, 0.25) is 6.08 Å². The van der Waals surface area contributed by atoms with Crippen LogP contribution in [0.25, 0.3) is 0 Å². The Hall–Kier alpha value is -0.840. The molecule has 0 amide bonds. The number of nitrogens with two attached hydrogens (primary N) is 1. The summed E-state index contributed by atoms with van der Waals surface area (Å²) < 4.78 is 0. The maximum absolute atomic E-state index is 10.1. The van der Waals surface area contributed by atoms with E-state index in [9.17, 15) is 4.79 Å². The largest absolute Gasteiger partial charge is 0.480 e. The molecular formula is C6H12N2O3S. The van der Waals surface area contributed by atoms with E-state index < -0.39 is 12.0 Å². The van der Waals surface area contributed by atoms with E-state index in [0.717, 1.165) is 11.8 Å². The predicted molar refractivity (Wildman–Crippen MR) is 47.0 cm³/mol. The van der Waals surface area contributed by atoms with Gasteiger partial charge in [0.25, 0.3) is 0 Å². The fourth-order valence-corrected chi connectivity index (χ4v) is 0.858. The average molecular weight is 192 g/mol. The minimum absolute atomic E-state index is 0.552. The van der Waals surface area contributed by atoms with Crippen molar-refractivity contribution >= 4 is 23.8 Å². The molecule has 0 saturated carbocycles. The predicted octanol–water partition coefficient (Wildman–Crippen LogP) is 0.0524. The van der Waals surface area contributed by atoms with Crippen molar-refractivity contribution < 1.29 is 14.7 Å². The fourth-order valence-electron chi connectivity index (χ4n) is 0.368. The van der Waals surface area contributed by atoms with Gasteiger partial charge in [-0.1, -0.05) is 0 Å². The normalized spacial score (nSPS) is 10.5. The molecule has 0 heterocycles. The second-order valence-electron chi connectivity index (χ2n) is 1.83. The van der Waals surface area contributed by atoms with Gasteiger partial charge in [-0.25, -0.2) is 10.2 Å². The molecule has 1 atom stereocenters. The van der Waals surface area contributed by atoms with Crippen LogP contribution in [0, 0.1) is 5.41 Å². The summed E-state index contributed by atoms with van der Waals surface area (Å²) in [5.74, 6) is -0.1000. The summed E-state index contributed by atoms with van der Waals surface area (Å²) in [6.45, 7) is 0. The summed E-state index contributed by atoms with van der Waals surface area (Å²) in [6.07, 6.45) is 3.23. The molecule has 0 aliphatic carbocycles. The van der Waals surface area contributed by atoms with Crippen molar-refractivity contribution in [1.82, 2.24) is 0 Å². The average Bonchev–Trinajstić information content (AvgIpc) is 2.01. The number of carboxylic acid groups (broad SMARTS) is 1. The molecule has 4 N–H and O–H groups in total. The molecule has 0 radical (unpaired) electrons. The molecule has 0 saturated heterocycles. The smallest absolute Gasteiger partial charge is 0.320 e. The van der Waals surface area contributed by atoms with Crippen molar-refractivity contribution in [3.8, 4) is 0 Å². The maximum atomic E-state index is 10.1. The number of rotatable bonds is 4. The summed E-state index contributed by atoms with van der Waals surface area (Å²) in [4.78, 5) is 18.4. The fraction of sp³-hybridized carbons (Fsp3) is 0.667. The van der Waals surface area contributed by atoms with Gasteiger partial charge in [-0.15, -0.1) is 0 Å². The van der Waals surface area contributed by atoms with Crippen LogP contribution in [-0.4, -0.2) is 35.2 Å². The Balaban J connectivity index is 0. The van der Waals surface area contributed by atoms with Crippen molar-refractivity contribution in [2.45, 2.75) is 12.5 Å². The number of carboxylic acids is 1. The number of hydrogen-bond donors (Lipinski definition) is 3. The van der Waals surface area contributed by atoms with Gasteiger partial charge < -0.3 is 10.8 Å². The zero-order chi connectivity index (χ0) is 9.98. The van der Waals surface area contributed by atoms with Crippen molar-refractivity contribution in [2.24, 2.45) is 5.73 Å². The molecule has 1 unspecified atom stereocenters. The van der Waals surface area contributed by atoms with E-state index in [1.54, 1.807) is 11.8 Å². The topological polar surface area (TPSA) is 104 Å². The summed E-state index contributed by atoms with van der Waals surface area (Å²) in [5.41, 5.74) is 5.19. The standard InChI is InChI=1S/C5H11NO2S.CHNO/c1-9-3-2-4(6)5(7)8;2-1-3/h4H,2-3,6H2,1H3,(H,7,8);2H. The van der Waals surface area contributed by atoms with Crippen LogP contribution in [0.4, 0.5) is 0 Å². The number of aliphatic carboxylic acids is 1. The van der Waals surface area contributed by atoms with E-state index in [4.69, 9.17) is 21.0 Å². The second kappa shape index (κ2) is 10.2.